The normalized spacial score (nSPS) is 12.9. The van der Waals surface area contributed by atoms with Gasteiger partial charge in [-0.25, -0.2) is 9.97 Å². The van der Waals surface area contributed by atoms with Gasteiger partial charge in [-0.1, -0.05) is 18.2 Å². The van der Waals surface area contributed by atoms with Crippen molar-refractivity contribution in [2.75, 3.05) is 13.7 Å². The van der Waals surface area contributed by atoms with Gasteiger partial charge in [0.25, 0.3) is 0 Å². The molecule has 0 aliphatic carbocycles. The molecule has 1 aromatic heterocycles. The van der Waals surface area contributed by atoms with E-state index in [1.807, 2.05) is 24.3 Å². The molecule has 0 aliphatic rings. The predicted octanol–water partition coefficient (Wildman–Crippen LogP) is 1.18. The van der Waals surface area contributed by atoms with Gasteiger partial charge in [0, 0.05) is 18.9 Å². The monoisotopic (exact) mass is 218 g/mol. The van der Waals surface area contributed by atoms with Crippen molar-refractivity contribution in [1.82, 2.24) is 9.97 Å². The van der Waals surface area contributed by atoms with E-state index >= 15 is 0 Å². The first-order valence-corrected chi connectivity index (χ1v) is 5.17. The van der Waals surface area contributed by atoms with Gasteiger partial charge >= 0.3 is 0 Å². The van der Waals surface area contributed by atoms with Gasteiger partial charge in [0.1, 0.15) is 6.33 Å². The Morgan fingerprint density at radius 2 is 2.12 bits per heavy atom. The topological polar surface area (TPSA) is 55.2 Å². The third kappa shape index (κ3) is 2.35. The highest BCUT2D eigenvalue weighted by molar-refractivity contribution is 5.80. The SMILES string of the molecule is COCC(O)Cc1ncnc2ccccc12. The van der Waals surface area contributed by atoms with Crippen molar-refractivity contribution < 1.29 is 9.84 Å². The fraction of sp³-hybridized carbons (Fsp3) is 0.333. The maximum Gasteiger partial charge on any atom is 0.116 e. The number of hydrogen-bond donors (Lipinski definition) is 1. The lowest BCUT2D eigenvalue weighted by molar-refractivity contribution is 0.0646. The molecule has 0 saturated carbocycles. The maximum absolute atomic E-state index is 9.68. The van der Waals surface area contributed by atoms with E-state index in [9.17, 15) is 5.11 Å². The zero-order chi connectivity index (χ0) is 11.4. The highest BCUT2D eigenvalue weighted by atomic mass is 16.5. The Bertz CT molecular complexity index is 468. The van der Waals surface area contributed by atoms with Gasteiger partial charge in [0.05, 0.1) is 23.9 Å². The van der Waals surface area contributed by atoms with Crippen LogP contribution in [0.5, 0.6) is 0 Å². The number of rotatable bonds is 4. The number of methoxy groups -OCH3 is 1. The number of hydrogen-bond acceptors (Lipinski definition) is 4. The number of para-hydroxylation sites is 1. The van der Waals surface area contributed by atoms with Crippen molar-refractivity contribution in [3.8, 4) is 0 Å². The van der Waals surface area contributed by atoms with E-state index in [1.165, 1.54) is 6.33 Å². The van der Waals surface area contributed by atoms with Gasteiger partial charge in [0.2, 0.25) is 0 Å². The first-order chi connectivity index (χ1) is 7.81. The van der Waals surface area contributed by atoms with Gasteiger partial charge in [-0.05, 0) is 6.07 Å². The molecule has 0 bridgehead atoms. The Morgan fingerprint density at radius 1 is 1.31 bits per heavy atom. The van der Waals surface area contributed by atoms with E-state index in [1.54, 1.807) is 7.11 Å². The second kappa shape index (κ2) is 5.01. The number of fused-ring (bicyclic) bond motifs is 1. The Morgan fingerprint density at radius 3 is 2.94 bits per heavy atom. The van der Waals surface area contributed by atoms with Crippen molar-refractivity contribution in [2.24, 2.45) is 0 Å². The van der Waals surface area contributed by atoms with Gasteiger partial charge in [-0.2, -0.15) is 0 Å². The van der Waals surface area contributed by atoms with Crippen LogP contribution in [0.4, 0.5) is 0 Å². The van der Waals surface area contributed by atoms with Crippen molar-refractivity contribution in [3.63, 3.8) is 0 Å². The van der Waals surface area contributed by atoms with Gasteiger partial charge in [-0.3, -0.25) is 0 Å². The highest BCUT2D eigenvalue weighted by Gasteiger charge is 2.09. The minimum absolute atomic E-state index is 0.318. The molecule has 2 aromatic rings. The summed E-state index contributed by atoms with van der Waals surface area (Å²) in [6.45, 7) is 0.318. The first-order valence-electron chi connectivity index (χ1n) is 5.17. The molecule has 0 saturated heterocycles. The lowest BCUT2D eigenvalue weighted by Gasteiger charge is -2.10. The van der Waals surface area contributed by atoms with Crippen LogP contribution in [0.25, 0.3) is 10.9 Å². The van der Waals surface area contributed by atoms with Crippen LogP contribution in [0.1, 0.15) is 5.69 Å². The molecule has 0 radical (unpaired) electrons. The lowest BCUT2D eigenvalue weighted by Crippen LogP contribution is -2.17. The van der Waals surface area contributed by atoms with Crippen LogP contribution >= 0.6 is 0 Å². The molecule has 0 aliphatic heterocycles. The summed E-state index contributed by atoms with van der Waals surface area (Å²) in [5.74, 6) is 0. The summed E-state index contributed by atoms with van der Waals surface area (Å²) < 4.78 is 4.89. The largest absolute Gasteiger partial charge is 0.390 e. The molecule has 4 nitrogen and oxygen atoms in total. The Hall–Kier alpha value is -1.52. The third-order valence-electron chi connectivity index (χ3n) is 2.41. The average Bonchev–Trinajstić information content (AvgIpc) is 2.30. The summed E-state index contributed by atoms with van der Waals surface area (Å²) in [7, 11) is 1.57. The number of nitrogens with zero attached hydrogens (tertiary/aromatic N) is 2. The molecule has 2 rings (SSSR count). The van der Waals surface area contributed by atoms with Crippen LogP contribution in [0, 0.1) is 0 Å². The molecule has 4 heteroatoms. The van der Waals surface area contributed by atoms with E-state index in [2.05, 4.69) is 9.97 Å². The number of aromatic nitrogens is 2. The first kappa shape index (κ1) is 11.0. The lowest BCUT2D eigenvalue weighted by atomic mass is 10.1. The quantitative estimate of drug-likeness (QED) is 0.837. The molecule has 0 amide bonds. The zero-order valence-corrected chi connectivity index (χ0v) is 9.13. The molecule has 1 heterocycles. The molecule has 1 unspecified atom stereocenters. The average molecular weight is 218 g/mol. The van der Waals surface area contributed by atoms with Gasteiger partial charge in [-0.15, -0.1) is 0 Å². The smallest absolute Gasteiger partial charge is 0.116 e. The summed E-state index contributed by atoms with van der Waals surface area (Å²) in [6, 6.07) is 7.77. The summed E-state index contributed by atoms with van der Waals surface area (Å²) in [6.07, 6.45) is 1.48. The van der Waals surface area contributed by atoms with Crippen LogP contribution in [0.2, 0.25) is 0 Å². The van der Waals surface area contributed by atoms with Gasteiger partial charge < -0.3 is 9.84 Å². The number of ether oxygens (including phenoxy) is 1. The van der Waals surface area contributed by atoms with Gasteiger partial charge in [0.15, 0.2) is 0 Å². The molecule has 0 fully saturated rings. The van der Waals surface area contributed by atoms with E-state index < -0.39 is 6.10 Å². The molecule has 1 N–H and O–H groups in total. The number of aliphatic hydroxyl groups excluding tert-OH is 1. The second-order valence-electron chi connectivity index (χ2n) is 3.65. The minimum Gasteiger partial charge on any atom is -0.390 e. The van der Waals surface area contributed by atoms with Crippen LogP contribution in [-0.2, 0) is 11.2 Å². The Kier molecular flexibility index (Phi) is 3.44. The maximum atomic E-state index is 9.68. The second-order valence-corrected chi connectivity index (χ2v) is 3.65. The fourth-order valence-electron chi connectivity index (χ4n) is 1.70. The molecular weight excluding hydrogens is 204 g/mol. The number of aliphatic hydroxyl groups is 1. The minimum atomic E-state index is -0.525. The Balaban J connectivity index is 2.30. The standard InChI is InChI=1S/C12H14N2O2/c1-16-7-9(15)6-12-10-4-2-3-5-11(10)13-8-14-12/h2-5,8-9,15H,6-7H2,1H3. The third-order valence-corrected chi connectivity index (χ3v) is 2.41. The summed E-state index contributed by atoms with van der Waals surface area (Å²) >= 11 is 0. The van der Waals surface area contributed by atoms with Crippen LogP contribution in [-0.4, -0.2) is 34.9 Å². The molecule has 16 heavy (non-hydrogen) atoms. The molecule has 0 spiro atoms. The van der Waals surface area contributed by atoms with Crippen LogP contribution < -0.4 is 0 Å². The van der Waals surface area contributed by atoms with E-state index in [0.717, 1.165) is 16.6 Å². The predicted molar refractivity (Wildman–Crippen MR) is 61.1 cm³/mol. The zero-order valence-electron chi connectivity index (χ0n) is 9.13. The number of benzene rings is 1. The van der Waals surface area contributed by atoms with E-state index in [0.29, 0.717) is 13.0 Å². The van der Waals surface area contributed by atoms with Crippen molar-refractivity contribution in [1.29, 1.82) is 0 Å². The molecule has 1 atom stereocenters. The summed E-state index contributed by atoms with van der Waals surface area (Å²) in [5, 5.41) is 10.7. The summed E-state index contributed by atoms with van der Waals surface area (Å²) in [5.41, 5.74) is 1.76. The fourth-order valence-corrected chi connectivity index (χ4v) is 1.70. The van der Waals surface area contributed by atoms with Crippen molar-refractivity contribution >= 4 is 10.9 Å². The van der Waals surface area contributed by atoms with E-state index in [4.69, 9.17) is 4.74 Å². The molecule has 84 valence electrons. The van der Waals surface area contributed by atoms with Crippen molar-refractivity contribution in [3.05, 3.63) is 36.3 Å². The summed E-state index contributed by atoms with van der Waals surface area (Å²) in [4.78, 5) is 8.37. The molecular formula is C12H14N2O2. The highest BCUT2D eigenvalue weighted by Crippen LogP contribution is 2.15. The Labute approximate surface area is 93.9 Å². The van der Waals surface area contributed by atoms with Crippen LogP contribution in [0.15, 0.2) is 30.6 Å². The van der Waals surface area contributed by atoms with Crippen LogP contribution in [0.3, 0.4) is 0 Å². The molecule has 1 aromatic carbocycles. The van der Waals surface area contributed by atoms with Crippen molar-refractivity contribution in [2.45, 2.75) is 12.5 Å². The van der Waals surface area contributed by atoms with E-state index in [-0.39, 0.29) is 0 Å².